The fourth-order valence-electron chi connectivity index (χ4n) is 2.64. The maximum Gasteiger partial charge on any atom is 0.230 e. The summed E-state index contributed by atoms with van der Waals surface area (Å²) < 4.78 is 2.73. The predicted molar refractivity (Wildman–Crippen MR) is 122 cm³/mol. The summed E-state index contributed by atoms with van der Waals surface area (Å²) in [6.07, 6.45) is 1.82. The van der Waals surface area contributed by atoms with Gasteiger partial charge in [0.25, 0.3) is 0 Å². The van der Waals surface area contributed by atoms with Gasteiger partial charge in [-0.3, -0.25) is 14.2 Å². The van der Waals surface area contributed by atoms with Crippen molar-refractivity contribution in [1.82, 2.24) is 20.1 Å². The molecule has 2 N–H and O–H groups in total. The predicted octanol–water partition coefficient (Wildman–Crippen LogP) is 3.88. The van der Waals surface area contributed by atoms with Crippen molar-refractivity contribution < 1.29 is 9.59 Å². The lowest BCUT2D eigenvalue weighted by molar-refractivity contribution is -0.119. The van der Waals surface area contributed by atoms with E-state index >= 15 is 0 Å². The van der Waals surface area contributed by atoms with Gasteiger partial charge in [0, 0.05) is 28.8 Å². The molecule has 0 aliphatic rings. The van der Waals surface area contributed by atoms with Crippen LogP contribution in [0.4, 0.5) is 5.69 Å². The normalized spacial score (nSPS) is 10.6. The van der Waals surface area contributed by atoms with E-state index < -0.39 is 0 Å². The van der Waals surface area contributed by atoms with E-state index in [-0.39, 0.29) is 30.5 Å². The van der Waals surface area contributed by atoms with Crippen LogP contribution in [0.3, 0.4) is 0 Å². The summed E-state index contributed by atoms with van der Waals surface area (Å²) in [5.74, 6) is -0.121. The molecule has 0 radical (unpaired) electrons. The summed E-state index contributed by atoms with van der Waals surface area (Å²) in [6.45, 7) is 4.22. The SMILES string of the molecule is Cc1ccc(-n2cnnc2SCC(=O)NCCC(=O)Nc2cc(Br)ccc2C)cc1. The molecule has 0 spiro atoms. The van der Waals surface area contributed by atoms with Crippen molar-refractivity contribution in [2.75, 3.05) is 17.6 Å². The minimum Gasteiger partial charge on any atom is -0.355 e. The maximum absolute atomic E-state index is 12.1. The quantitative estimate of drug-likeness (QED) is 0.470. The van der Waals surface area contributed by atoms with E-state index in [1.165, 1.54) is 17.3 Å². The Hall–Kier alpha value is -2.65. The van der Waals surface area contributed by atoms with Crippen LogP contribution in [0.25, 0.3) is 5.69 Å². The molecular weight excluding hydrogens is 466 g/mol. The molecule has 1 aromatic heterocycles. The summed E-state index contributed by atoms with van der Waals surface area (Å²) >= 11 is 4.69. The minimum absolute atomic E-state index is 0.150. The number of nitrogens with zero attached hydrogens (tertiary/aromatic N) is 3. The van der Waals surface area contributed by atoms with Gasteiger partial charge in [-0.25, -0.2) is 0 Å². The Bertz CT molecular complexity index is 1040. The van der Waals surface area contributed by atoms with Crippen molar-refractivity contribution in [3.8, 4) is 5.69 Å². The van der Waals surface area contributed by atoms with Gasteiger partial charge < -0.3 is 10.6 Å². The Morgan fingerprint density at radius 3 is 2.63 bits per heavy atom. The molecule has 30 heavy (non-hydrogen) atoms. The topological polar surface area (TPSA) is 88.9 Å². The number of hydrogen-bond donors (Lipinski definition) is 2. The molecule has 0 saturated carbocycles. The molecular formula is C21H22BrN5O2S. The van der Waals surface area contributed by atoms with Gasteiger partial charge in [-0.1, -0.05) is 51.5 Å². The van der Waals surface area contributed by atoms with E-state index in [4.69, 9.17) is 0 Å². The third-order valence-electron chi connectivity index (χ3n) is 4.31. The number of hydrogen-bond acceptors (Lipinski definition) is 5. The average molecular weight is 488 g/mol. The van der Waals surface area contributed by atoms with Crippen LogP contribution < -0.4 is 10.6 Å². The molecule has 0 bridgehead atoms. The van der Waals surface area contributed by atoms with Gasteiger partial charge >= 0.3 is 0 Å². The number of carbonyl (C=O) groups is 2. The summed E-state index contributed by atoms with van der Waals surface area (Å²) in [4.78, 5) is 24.3. The van der Waals surface area contributed by atoms with Crippen LogP contribution in [0.2, 0.25) is 0 Å². The highest BCUT2D eigenvalue weighted by atomic mass is 79.9. The first-order valence-corrected chi connectivity index (χ1v) is 11.1. The lowest BCUT2D eigenvalue weighted by atomic mass is 10.2. The number of anilines is 1. The highest BCUT2D eigenvalue weighted by Crippen LogP contribution is 2.21. The van der Waals surface area contributed by atoms with Gasteiger partial charge in [0.15, 0.2) is 5.16 Å². The van der Waals surface area contributed by atoms with E-state index in [0.717, 1.165) is 21.4 Å². The molecule has 7 nitrogen and oxygen atoms in total. The molecule has 156 valence electrons. The number of carbonyl (C=O) groups excluding carboxylic acids is 2. The zero-order chi connectivity index (χ0) is 21.5. The van der Waals surface area contributed by atoms with Gasteiger partial charge in [0.2, 0.25) is 11.8 Å². The molecule has 2 amide bonds. The van der Waals surface area contributed by atoms with Crippen LogP contribution in [0.15, 0.2) is 58.4 Å². The average Bonchev–Trinajstić information content (AvgIpc) is 3.18. The lowest BCUT2D eigenvalue weighted by Crippen LogP contribution is -2.29. The van der Waals surface area contributed by atoms with Crippen molar-refractivity contribution >= 4 is 45.2 Å². The van der Waals surface area contributed by atoms with Gasteiger partial charge in [-0.05, 0) is 43.7 Å². The van der Waals surface area contributed by atoms with Crippen molar-refractivity contribution in [2.24, 2.45) is 0 Å². The second-order valence-electron chi connectivity index (χ2n) is 6.72. The van der Waals surface area contributed by atoms with Crippen LogP contribution in [0.1, 0.15) is 17.5 Å². The van der Waals surface area contributed by atoms with Gasteiger partial charge in [0.05, 0.1) is 5.75 Å². The molecule has 3 rings (SSSR count). The smallest absolute Gasteiger partial charge is 0.230 e. The third-order valence-corrected chi connectivity index (χ3v) is 5.75. The number of aromatic nitrogens is 3. The Morgan fingerprint density at radius 2 is 1.87 bits per heavy atom. The molecule has 0 unspecified atom stereocenters. The van der Waals surface area contributed by atoms with E-state index in [9.17, 15) is 9.59 Å². The lowest BCUT2D eigenvalue weighted by Gasteiger charge is -2.10. The molecule has 1 heterocycles. The van der Waals surface area contributed by atoms with Crippen LogP contribution in [-0.2, 0) is 9.59 Å². The summed E-state index contributed by atoms with van der Waals surface area (Å²) in [5.41, 5.74) is 3.84. The highest BCUT2D eigenvalue weighted by molar-refractivity contribution is 9.10. The number of halogens is 1. The largest absolute Gasteiger partial charge is 0.355 e. The third kappa shape index (κ3) is 6.17. The standard InChI is InChI=1S/C21H22BrN5O2S/c1-14-3-7-17(8-4-14)27-13-24-26-21(27)30-12-20(29)23-10-9-19(28)25-18-11-16(22)6-5-15(18)2/h3-8,11,13H,9-10,12H2,1-2H3,(H,23,29)(H,25,28). The monoisotopic (exact) mass is 487 g/mol. The fraction of sp³-hybridized carbons (Fsp3) is 0.238. The van der Waals surface area contributed by atoms with Gasteiger partial charge in [-0.15, -0.1) is 10.2 Å². The Morgan fingerprint density at radius 1 is 1.10 bits per heavy atom. The number of aryl methyl sites for hydroxylation is 2. The van der Waals surface area contributed by atoms with E-state index in [2.05, 4.69) is 36.8 Å². The Kier molecular flexibility index (Phi) is 7.64. The van der Waals surface area contributed by atoms with Crippen molar-refractivity contribution in [3.63, 3.8) is 0 Å². The minimum atomic E-state index is -0.162. The van der Waals surface area contributed by atoms with E-state index in [1.54, 1.807) is 6.33 Å². The summed E-state index contributed by atoms with van der Waals surface area (Å²) in [6, 6.07) is 13.7. The fourth-order valence-corrected chi connectivity index (χ4v) is 3.76. The maximum atomic E-state index is 12.1. The summed E-state index contributed by atoms with van der Waals surface area (Å²) in [5, 5.41) is 14.3. The second-order valence-corrected chi connectivity index (χ2v) is 8.57. The molecule has 3 aromatic rings. The van der Waals surface area contributed by atoms with Crippen molar-refractivity contribution in [3.05, 3.63) is 64.4 Å². The molecule has 0 fully saturated rings. The van der Waals surface area contributed by atoms with E-state index in [1.807, 2.05) is 60.9 Å². The number of nitrogens with one attached hydrogen (secondary N) is 2. The van der Waals surface area contributed by atoms with Crippen molar-refractivity contribution in [1.29, 1.82) is 0 Å². The first kappa shape index (κ1) is 22.0. The summed E-state index contributed by atoms with van der Waals surface area (Å²) in [7, 11) is 0. The highest BCUT2D eigenvalue weighted by Gasteiger charge is 2.11. The number of benzene rings is 2. The molecule has 0 aliphatic carbocycles. The zero-order valence-electron chi connectivity index (χ0n) is 16.7. The molecule has 0 aliphatic heterocycles. The van der Waals surface area contributed by atoms with E-state index in [0.29, 0.717) is 5.16 Å². The Labute approximate surface area is 187 Å². The molecule has 0 saturated heterocycles. The van der Waals surface area contributed by atoms with Gasteiger partial charge in [0.1, 0.15) is 6.33 Å². The van der Waals surface area contributed by atoms with Crippen LogP contribution >= 0.6 is 27.7 Å². The van der Waals surface area contributed by atoms with Crippen LogP contribution in [-0.4, -0.2) is 38.9 Å². The Balaban J connectivity index is 1.44. The van der Waals surface area contributed by atoms with Crippen molar-refractivity contribution in [2.45, 2.75) is 25.4 Å². The molecule has 2 aromatic carbocycles. The first-order valence-electron chi connectivity index (χ1n) is 9.35. The number of amides is 2. The van der Waals surface area contributed by atoms with Crippen LogP contribution in [0, 0.1) is 13.8 Å². The first-order chi connectivity index (χ1) is 14.4. The number of rotatable bonds is 8. The van der Waals surface area contributed by atoms with Crippen LogP contribution in [0.5, 0.6) is 0 Å². The molecule has 9 heteroatoms. The van der Waals surface area contributed by atoms with Gasteiger partial charge in [-0.2, -0.15) is 0 Å². The molecule has 0 atom stereocenters. The second kappa shape index (κ2) is 10.4. The zero-order valence-corrected chi connectivity index (χ0v) is 19.1. The number of thioether (sulfide) groups is 1.